The van der Waals surface area contributed by atoms with Gasteiger partial charge in [0.25, 0.3) is 5.70 Å². The second-order valence-electron chi connectivity index (χ2n) is 5.34. The molecule has 7 nitrogen and oxygen atoms in total. The molecule has 0 saturated heterocycles. The molecule has 0 spiro atoms. The quantitative estimate of drug-likeness (QED) is 0.649. The van der Waals surface area contributed by atoms with Crippen LogP contribution in [-0.2, 0) is 6.42 Å². The van der Waals surface area contributed by atoms with Crippen molar-refractivity contribution in [1.29, 1.82) is 5.26 Å². The van der Waals surface area contributed by atoms with Crippen LogP contribution in [0.4, 0.5) is 0 Å². The van der Waals surface area contributed by atoms with E-state index in [1.54, 1.807) is 26.1 Å². The number of rotatable bonds is 5. The predicted octanol–water partition coefficient (Wildman–Crippen LogP) is 1.98. The minimum atomic E-state index is -0.961. The molecular formula is C15H15N5O2. The van der Waals surface area contributed by atoms with Crippen LogP contribution in [0.15, 0.2) is 24.2 Å². The van der Waals surface area contributed by atoms with Crippen LogP contribution in [0.3, 0.4) is 0 Å². The van der Waals surface area contributed by atoms with E-state index in [9.17, 15) is 5.11 Å². The predicted molar refractivity (Wildman–Crippen MR) is 79.7 cm³/mol. The van der Waals surface area contributed by atoms with Crippen molar-refractivity contribution in [1.82, 2.24) is 15.0 Å². The molecule has 0 aliphatic rings. The summed E-state index contributed by atoms with van der Waals surface area (Å²) >= 11 is 0. The van der Waals surface area contributed by atoms with Gasteiger partial charge < -0.3 is 14.8 Å². The van der Waals surface area contributed by atoms with Crippen molar-refractivity contribution in [2.75, 3.05) is 6.61 Å². The van der Waals surface area contributed by atoms with Crippen molar-refractivity contribution in [3.8, 4) is 11.9 Å². The Balaban J connectivity index is 2.24. The lowest BCUT2D eigenvalue weighted by Crippen LogP contribution is -2.28. The lowest BCUT2D eigenvalue weighted by atomic mass is 10.2. The maximum Gasteiger partial charge on any atom is 0.258 e. The van der Waals surface area contributed by atoms with Gasteiger partial charge in [-0.05, 0) is 20.3 Å². The fourth-order valence-corrected chi connectivity index (χ4v) is 1.72. The summed E-state index contributed by atoms with van der Waals surface area (Å²) in [5.74, 6) is 0.310. The van der Waals surface area contributed by atoms with Gasteiger partial charge >= 0.3 is 0 Å². The number of aromatic nitrogens is 3. The molecule has 7 heteroatoms. The maximum absolute atomic E-state index is 9.66. The number of hydrogen-bond donors (Lipinski definition) is 2. The minimum absolute atomic E-state index is 0.0387. The zero-order valence-electron chi connectivity index (χ0n) is 12.3. The molecule has 2 rings (SSSR count). The molecule has 22 heavy (non-hydrogen) atoms. The van der Waals surface area contributed by atoms with Crippen LogP contribution in [0.1, 0.15) is 19.4 Å². The van der Waals surface area contributed by atoms with Gasteiger partial charge in [-0.15, -0.1) is 0 Å². The molecular weight excluding hydrogens is 282 g/mol. The molecule has 112 valence electrons. The third-order valence-electron chi connectivity index (χ3n) is 2.76. The lowest BCUT2D eigenvalue weighted by molar-refractivity contribution is 0.0268. The van der Waals surface area contributed by atoms with Crippen molar-refractivity contribution in [2.45, 2.75) is 25.9 Å². The average Bonchev–Trinajstić information content (AvgIpc) is 2.88. The Morgan fingerprint density at radius 1 is 1.64 bits per heavy atom. The monoisotopic (exact) mass is 297 g/mol. The third-order valence-corrected chi connectivity index (χ3v) is 2.76. The van der Waals surface area contributed by atoms with Gasteiger partial charge in [0.05, 0.1) is 24.4 Å². The third kappa shape index (κ3) is 3.81. The van der Waals surface area contributed by atoms with E-state index in [0.717, 1.165) is 5.56 Å². The molecule has 2 heterocycles. The highest BCUT2D eigenvalue weighted by atomic mass is 16.5. The van der Waals surface area contributed by atoms with E-state index in [4.69, 9.17) is 16.6 Å². The highest BCUT2D eigenvalue weighted by Gasteiger charge is 2.15. The van der Waals surface area contributed by atoms with Crippen LogP contribution in [0.2, 0.25) is 0 Å². The molecule has 0 atom stereocenters. The van der Waals surface area contributed by atoms with E-state index in [2.05, 4.69) is 19.8 Å². The number of nitrogens with zero attached hydrogens (tertiary/aromatic N) is 4. The van der Waals surface area contributed by atoms with Gasteiger partial charge in [-0.1, -0.05) is 6.08 Å². The van der Waals surface area contributed by atoms with Gasteiger partial charge in [-0.25, -0.2) is 20.1 Å². The number of hydrogen-bond acceptors (Lipinski definition) is 5. The van der Waals surface area contributed by atoms with Crippen molar-refractivity contribution < 1.29 is 9.84 Å². The second kappa shape index (κ2) is 6.25. The molecule has 2 N–H and O–H groups in total. The SMILES string of the molecule is [C-]#[N+]/C(C#N)=C\Cc1c[nH]c2ncc(OCC(C)(C)O)nc12. The van der Waals surface area contributed by atoms with Gasteiger partial charge in [-0.3, -0.25) is 0 Å². The van der Waals surface area contributed by atoms with Crippen molar-refractivity contribution in [3.05, 3.63) is 41.1 Å². The van der Waals surface area contributed by atoms with Crippen LogP contribution < -0.4 is 4.74 Å². The van der Waals surface area contributed by atoms with Crippen molar-refractivity contribution in [3.63, 3.8) is 0 Å². The van der Waals surface area contributed by atoms with Crippen LogP contribution in [-0.4, -0.2) is 32.3 Å². The summed E-state index contributed by atoms with van der Waals surface area (Å²) < 4.78 is 5.42. The summed E-state index contributed by atoms with van der Waals surface area (Å²) in [7, 11) is 0. The molecule has 0 radical (unpaired) electrons. The molecule has 0 bridgehead atoms. The largest absolute Gasteiger partial charge is 0.474 e. The Morgan fingerprint density at radius 2 is 2.41 bits per heavy atom. The topological polar surface area (TPSA) is 99.2 Å². The van der Waals surface area contributed by atoms with Gasteiger partial charge in [-0.2, -0.15) is 0 Å². The van der Waals surface area contributed by atoms with Gasteiger partial charge in [0.1, 0.15) is 12.1 Å². The Hall–Kier alpha value is -2.90. The molecule has 0 aliphatic carbocycles. The highest BCUT2D eigenvalue weighted by Crippen LogP contribution is 2.19. The van der Waals surface area contributed by atoms with E-state index in [-0.39, 0.29) is 12.3 Å². The molecule has 0 amide bonds. The first-order valence-electron chi connectivity index (χ1n) is 6.59. The zero-order valence-corrected chi connectivity index (χ0v) is 12.3. The smallest absolute Gasteiger partial charge is 0.258 e. The number of ether oxygens (including phenoxy) is 1. The number of allylic oxidation sites excluding steroid dienone is 2. The van der Waals surface area contributed by atoms with E-state index < -0.39 is 5.60 Å². The van der Waals surface area contributed by atoms with Gasteiger partial charge in [0, 0.05) is 11.8 Å². The number of aliphatic hydroxyl groups is 1. The minimum Gasteiger partial charge on any atom is -0.474 e. The number of nitrogens with one attached hydrogen (secondary N) is 1. The first-order valence-corrected chi connectivity index (χ1v) is 6.59. The van der Waals surface area contributed by atoms with E-state index in [1.165, 1.54) is 6.20 Å². The first-order chi connectivity index (χ1) is 10.4. The summed E-state index contributed by atoms with van der Waals surface area (Å²) in [6.45, 7) is 10.2. The fraction of sp³-hybridized carbons (Fsp3) is 0.333. The number of fused-ring (bicyclic) bond motifs is 1. The number of nitriles is 1. The Kier molecular flexibility index (Phi) is 4.40. The Morgan fingerprint density at radius 3 is 3.05 bits per heavy atom. The molecule has 2 aromatic heterocycles. The molecule has 0 aromatic carbocycles. The number of H-pyrrole nitrogens is 1. The van der Waals surface area contributed by atoms with Crippen molar-refractivity contribution >= 4 is 11.2 Å². The summed E-state index contributed by atoms with van der Waals surface area (Å²) in [4.78, 5) is 14.6. The first kappa shape index (κ1) is 15.5. The Bertz CT molecular complexity index is 771. The molecule has 0 aliphatic heterocycles. The van der Waals surface area contributed by atoms with E-state index >= 15 is 0 Å². The number of aromatic amines is 1. The van der Waals surface area contributed by atoms with Crippen molar-refractivity contribution in [2.24, 2.45) is 0 Å². The molecule has 0 unspecified atom stereocenters. The lowest BCUT2D eigenvalue weighted by Gasteiger charge is -2.16. The summed E-state index contributed by atoms with van der Waals surface area (Å²) in [6, 6.07) is 1.82. The highest BCUT2D eigenvalue weighted by molar-refractivity contribution is 5.75. The van der Waals surface area contributed by atoms with E-state index in [1.807, 2.05) is 6.07 Å². The fourth-order valence-electron chi connectivity index (χ4n) is 1.72. The molecule has 0 saturated carbocycles. The van der Waals surface area contributed by atoms with Crippen LogP contribution in [0.25, 0.3) is 16.0 Å². The normalized spacial score (nSPS) is 12.0. The molecule has 2 aromatic rings. The average molecular weight is 297 g/mol. The summed E-state index contributed by atoms with van der Waals surface area (Å²) in [5.41, 5.74) is 1.11. The van der Waals surface area contributed by atoms with Gasteiger partial charge in [0.2, 0.25) is 5.88 Å². The maximum atomic E-state index is 9.66. The summed E-state index contributed by atoms with van der Waals surface area (Å²) in [5, 5.41) is 18.4. The van der Waals surface area contributed by atoms with E-state index in [0.29, 0.717) is 23.5 Å². The Labute approximate surface area is 127 Å². The van der Waals surface area contributed by atoms with Gasteiger partial charge in [0.15, 0.2) is 5.65 Å². The van der Waals surface area contributed by atoms with Crippen LogP contribution in [0.5, 0.6) is 5.88 Å². The standard InChI is InChI=1S/C15H15N5O2/c1-15(2,21)9-22-12-8-19-14-13(20-12)10(7-18-14)4-5-11(6-16)17-3/h5,7-8,21H,4,9H2,1-2H3,(H,18,19)/b11-5-. The second-order valence-corrected chi connectivity index (χ2v) is 5.34. The zero-order chi connectivity index (χ0) is 16.2. The summed E-state index contributed by atoms with van der Waals surface area (Å²) in [6.07, 6.45) is 5.15. The van der Waals surface area contributed by atoms with Crippen LogP contribution in [0, 0.1) is 17.9 Å². The van der Waals surface area contributed by atoms with Crippen LogP contribution >= 0.6 is 0 Å². The molecule has 0 fully saturated rings.